The minimum atomic E-state index is 0. The highest BCUT2D eigenvalue weighted by molar-refractivity contribution is 14.0. The van der Waals surface area contributed by atoms with Crippen molar-refractivity contribution in [3.8, 4) is 0 Å². The van der Waals surface area contributed by atoms with Crippen molar-refractivity contribution >= 4 is 53.1 Å². The zero-order valence-electron chi connectivity index (χ0n) is 16.0. The topological polar surface area (TPSA) is 46.1 Å². The van der Waals surface area contributed by atoms with Crippen molar-refractivity contribution in [2.75, 3.05) is 40.0 Å². The van der Waals surface area contributed by atoms with Crippen LogP contribution < -0.4 is 5.32 Å². The van der Waals surface area contributed by atoms with Gasteiger partial charge in [-0.15, -0.1) is 24.0 Å². The Morgan fingerprint density at radius 3 is 2.70 bits per heavy atom. The van der Waals surface area contributed by atoms with Crippen LogP contribution in [0.15, 0.2) is 23.2 Å². The van der Waals surface area contributed by atoms with Crippen LogP contribution in [0.3, 0.4) is 0 Å². The van der Waals surface area contributed by atoms with Crippen LogP contribution >= 0.6 is 47.2 Å². The van der Waals surface area contributed by atoms with Crippen molar-refractivity contribution in [2.24, 2.45) is 4.99 Å². The minimum absolute atomic E-state index is 0. The van der Waals surface area contributed by atoms with Gasteiger partial charge in [0.25, 0.3) is 0 Å². The summed E-state index contributed by atoms with van der Waals surface area (Å²) in [5, 5.41) is 4.47. The molecule has 1 aromatic rings. The summed E-state index contributed by atoms with van der Waals surface area (Å²) < 4.78 is 11.2. The van der Waals surface area contributed by atoms with Gasteiger partial charge in [0.2, 0.25) is 0 Å². The first-order valence-corrected chi connectivity index (χ1v) is 9.98. The Morgan fingerprint density at radius 1 is 1.30 bits per heavy atom. The molecule has 8 heteroatoms. The number of nitrogens with one attached hydrogen (secondary N) is 1. The molecule has 1 aliphatic rings. The van der Waals surface area contributed by atoms with E-state index < -0.39 is 0 Å². The number of guanidine groups is 1. The molecular weight excluding hydrogens is 500 g/mol. The third-order valence-electron chi connectivity index (χ3n) is 4.19. The third-order valence-corrected chi connectivity index (χ3v) is 4.93. The number of halogens is 3. The molecule has 5 nitrogen and oxygen atoms in total. The molecule has 0 atom stereocenters. The quantitative estimate of drug-likeness (QED) is 0.231. The fraction of sp³-hybridized carbons (Fsp3) is 0.632. The van der Waals surface area contributed by atoms with Gasteiger partial charge in [-0.2, -0.15) is 0 Å². The molecule has 0 amide bonds. The summed E-state index contributed by atoms with van der Waals surface area (Å²) in [4.78, 5) is 6.79. The summed E-state index contributed by atoms with van der Waals surface area (Å²) in [6.45, 7) is 6.70. The Morgan fingerprint density at radius 2 is 2.04 bits per heavy atom. The number of ether oxygens (including phenoxy) is 2. The maximum absolute atomic E-state index is 6.10. The molecule has 0 bridgehead atoms. The molecule has 1 heterocycles. The van der Waals surface area contributed by atoms with E-state index in [2.05, 4.69) is 17.1 Å². The van der Waals surface area contributed by atoms with Gasteiger partial charge < -0.3 is 19.7 Å². The van der Waals surface area contributed by atoms with Gasteiger partial charge in [0.1, 0.15) is 0 Å². The zero-order valence-corrected chi connectivity index (χ0v) is 19.9. The minimum Gasteiger partial charge on any atom is -0.381 e. The van der Waals surface area contributed by atoms with Gasteiger partial charge in [0, 0.05) is 46.5 Å². The van der Waals surface area contributed by atoms with E-state index >= 15 is 0 Å². The summed E-state index contributed by atoms with van der Waals surface area (Å²) in [6, 6.07) is 5.70. The number of aliphatic imine (C=N–C) groups is 1. The predicted octanol–water partition coefficient (Wildman–Crippen LogP) is 4.59. The number of rotatable bonds is 8. The van der Waals surface area contributed by atoms with E-state index in [4.69, 9.17) is 37.7 Å². The van der Waals surface area contributed by atoms with Crippen LogP contribution in [-0.4, -0.2) is 56.9 Å². The van der Waals surface area contributed by atoms with E-state index in [0.717, 1.165) is 63.7 Å². The molecule has 0 aliphatic carbocycles. The maximum Gasteiger partial charge on any atom is 0.193 e. The predicted molar refractivity (Wildman–Crippen MR) is 124 cm³/mol. The summed E-state index contributed by atoms with van der Waals surface area (Å²) in [7, 11) is 2.02. The molecule has 1 aliphatic heterocycles. The van der Waals surface area contributed by atoms with Crippen molar-refractivity contribution < 1.29 is 9.47 Å². The first-order valence-electron chi connectivity index (χ1n) is 9.23. The molecule has 1 aromatic carbocycles. The van der Waals surface area contributed by atoms with E-state index in [1.165, 1.54) is 0 Å². The smallest absolute Gasteiger partial charge is 0.193 e. The average molecular weight is 530 g/mol. The lowest BCUT2D eigenvalue weighted by Gasteiger charge is -2.23. The highest BCUT2D eigenvalue weighted by Crippen LogP contribution is 2.23. The molecule has 0 radical (unpaired) electrons. The van der Waals surface area contributed by atoms with Crippen LogP contribution in [0.2, 0.25) is 10.0 Å². The molecule has 154 valence electrons. The van der Waals surface area contributed by atoms with Gasteiger partial charge in [0.05, 0.1) is 16.1 Å². The second-order valence-electron chi connectivity index (χ2n) is 6.38. The first-order chi connectivity index (χ1) is 12.6. The fourth-order valence-corrected chi connectivity index (χ4v) is 3.12. The van der Waals surface area contributed by atoms with Gasteiger partial charge in [-0.25, -0.2) is 0 Å². The number of hydrogen-bond acceptors (Lipinski definition) is 3. The van der Waals surface area contributed by atoms with Crippen molar-refractivity contribution in [2.45, 2.75) is 38.8 Å². The number of benzene rings is 1. The van der Waals surface area contributed by atoms with Crippen LogP contribution in [-0.2, 0) is 16.0 Å². The van der Waals surface area contributed by atoms with Crippen molar-refractivity contribution in [3.63, 3.8) is 0 Å². The summed E-state index contributed by atoms with van der Waals surface area (Å²) in [5.74, 6) is 0.879. The van der Waals surface area contributed by atoms with Crippen LogP contribution in [0.4, 0.5) is 0 Å². The van der Waals surface area contributed by atoms with Gasteiger partial charge >= 0.3 is 0 Å². The van der Waals surface area contributed by atoms with Gasteiger partial charge in [-0.1, -0.05) is 29.3 Å². The van der Waals surface area contributed by atoms with Crippen molar-refractivity contribution in [1.82, 2.24) is 10.2 Å². The monoisotopic (exact) mass is 529 g/mol. The van der Waals surface area contributed by atoms with E-state index in [1.807, 2.05) is 25.2 Å². The summed E-state index contributed by atoms with van der Waals surface area (Å²) in [5.41, 5.74) is 1.09. The molecular formula is C19H30Cl2IN3O2. The summed E-state index contributed by atoms with van der Waals surface area (Å²) in [6.07, 6.45) is 3.25. The van der Waals surface area contributed by atoms with Crippen LogP contribution in [0.5, 0.6) is 0 Å². The lowest BCUT2D eigenvalue weighted by atomic mass is 10.1. The molecule has 0 unspecified atom stereocenters. The van der Waals surface area contributed by atoms with Crippen LogP contribution in [0.1, 0.15) is 31.7 Å². The second-order valence-corrected chi connectivity index (χ2v) is 7.19. The van der Waals surface area contributed by atoms with E-state index in [9.17, 15) is 0 Å². The zero-order chi connectivity index (χ0) is 18.8. The second kappa shape index (κ2) is 13.8. The molecule has 0 saturated carbocycles. The van der Waals surface area contributed by atoms with Crippen LogP contribution in [0.25, 0.3) is 0 Å². The van der Waals surface area contributed by atoms with E-state index in [0.29, 0.717) is 22.7 Å². The SMILES string of the molecule is CCNC(=NCCCOC1CCOCC1)N(C)Cc1ccc(Cl)c(Cl)c1.I. The Kier molecular flexibility index (Phi) is 12.7. The Balaban J connectivity index is 0.00000364. The largest absolute Gasteiger partial charge is 0.381 e. The molecule has 2 rings (SSSR count). The molecule has 27 heavy (non-hydrogen) atoms. The summed E-state index contributed by atoms with van der Waals surface area (Å²) >= 11 is 12.1. The molecule has 1 N–H and O–H groups in total. The highest BCUT2D eigenvalue weighted by atomic mass is 127. The van der Waals surface area contributed by atoms with E-state index in [-0.39, 0.29) is 24.0 Å². The third kappa shape index (κ3) is 9.17. The Labute approximate surface area is 189 Å². The highest BCUT2D eigenvalue weighted by Gasteiger charge is 2.13. The van der Waals surface area contributed by atoms with Crippen LogP contribution in [0, 0.1) is 0 Å². The normalized spacial score (nSPS) is 15.3. The standard InChI is InChI=1S/C19H29Cl2N3O2.HI/c1-3-22-19(23-9-4-10-26-16-7-11-25-12-8-16)24(2)14-15-5-6-17(20)18(21)13-15;/h5-6,13,16H,3-4,7-12,14H2,1-2H3,(H,22,23);1H. The van der Waals surface area contributed by atoms with Crippen molar-refractivity contribution in [3.05, 3.63) is 33.8 Å². The number of nitrogens with zero attached hydrogens (tertiary/aromatic N) is 2. The molecule has 1 saturated heterocycles. The Hall–Kier alpha value is -0.280. The van der Waals surface area contributed by atoms with E-state index in [1.54, 1.807) is 0 Å². The first kappa shape index (κ1) is 24.8. The average Bonchev–Trinajstić information content (AvgIpc) is 2.64. The van der Waals surface area contributed by atoms with Gasteiger partial charge in [-0.05, 0) is 43.9 Å². The number of hydrogen-bond donors (Lipinski definition) is 1. The van der Waals surface area contributed by atoms with Crippen molar-refractivity contribution in [1.29, 1.82) is 0 Å². The lowest BCUT2D eigenvalue weighted by Crippen LogP contribution is -2.38. The molecule has 0 aromatic heterocycles. The molecule has 0 spiro atoms. The Bertz CT molecular complexity index is 584. The fourth-order valence-electron chi connectivity index (χ4n) is 2.80. The maximum atomic E-state index is 6.10. The molecule has 1 fully saturated rings. The lowest BCUT2D eigenvalue weighted by molar-refractivity contribution is -0.0318. The van der Waals surface area contributed by atoms with Gasteiger partial charge in [-0.3, -0.25) is 4.99 Å². The van der Waals surface area contributed by atoms with Gasteiger partial charge in [0.15, 0.2) is 5.96 Å².